The van der Waals surface area contributed by atoms with Crippen LogP contribution in [-0.4, -0.2) is 5.91 Å². The van der Waals surface area contributed by atoms with Crippen LogP contribution in [0.5, 0.6) is 0 Å². The van der Waals surface area contributed by atoms with Crippen molar-refractivity contribution in [3.63, 3.8) is 0 Å². The number of amides is 1. The first-order valence-electron chi connectivity index (χ1n) is 8.60. The number of hydrogen-bond acceptors (Lipinski definition) is 1. The number of nitrogens with one attached hydrogen (secondary N) is 1. The smallest absolute Gasteiger partial charge is 0.220 e. The maximum absolute atomic E-state index is 12.4. The Kier molecular flexibility index (Phi) is 4.62. The fraction of sp³-hybridized carbons (Fsp3) is 0.632. The summed E-state index contributed by atoms with van der Waals surface area (Å²) in [6.45, 7) is 2.18. The summed E-state index contributed by atoms with van der Waals surface area (Å²) in [5, 5.41) is 3.28. The third-order valence-corrected chi connectivity index (χ3v) is 5.45. The van der Waals surface area contributed by atoms with Gasteiger partial charge in [0.1, 0.15) is 0 Å². The summed E-state index contributed by atoms with van der Waals surface area (Å²) >= 11 is 0. The van der Waals surface area contributed by atoms with Crippen molar-refractivity contribution in [2.24, 2.45) is 17.8 Å². The summed E-state index contributed by atoms with van der Waals surface area (Å²) in [4.78, 5) is 12.4. The molecule has 21 heavy (non-hydrogen) atoms. The molecule has 0 radical (unpaired) electrons. The maximum atomic E-state index is 12.4. The Balaban J connectivity index is 1.56. The van der Waals surface area contributed by atoms with Gasteiger partial charge in [-0.15, -0.1) is 0 Å². The van der Waals surface area contributed by atoms with Crippen LogP contribution in [0.2, 0.25) is 0 Å². The molecule has 0 saturated heterocycles. The molecule has 2 heteroatoms. The molecule has 4 unspecified atom stereocenters. The fourth-order valence-electron chi connectivity index (χ4n) is 4.41. The third kappa shape index (κ3) is 3.48. The Labute approximate surface area is 128 Å². The molecule has 2 nitrogen and oxygen atoms in total. The zero-order valence-corrected chi connectivity index (χ0v) is 13.1. The first-order chi connectivity index (χ1) is 10.3. The molecule has 114 valence electrons. The second kappa shape index (κ2) is 6.64. The van der Waals surface area contributed by atoms with Gasteiger partial charge in [0.15, 0.2) is 0 Å². The summed E-state index contributed by atoms with van der Waals surface area (Å²) in [5.74, 6) is 2.67. The van der Waals surface area contributed by atoms with Crippen molar-refractivity contribution in [1.82, 2.24) is 5.32 Å². The molecule has 2 bridgehead atoms. The van der Waals surface area contributed by atoms with Gasteiger partial charge in [0.2, 0.25) is 5.91 Å². The summed E-state index contributed by atoms with van der Waals surface area (Å²) < 4.78 is 0. The molecule has 2 aliphatic carbocycles. The van der Waals surface area contributed by atoms with Crippen molar-refractivity contribution < 1.29 is 4.79 Å². The van der Waals surface area contributed by atoms with Crippen LogP contribution < -0.4 is 5.32 Å². The van der Waals surface area contributed by atoms with E-state index in [4.69, 9.17) is 0 Å². The minimum absolute atomic E-state index is 0.183. The fourth-order valence-corrected chi connectivity index (χ4v) is 4.41. The van der Waals surface area contributed by atoms with E-state index < -0.39 is 0 Å². The van der Waals surface area contributed by atoms with E-state index >= 15 is 0 Å². The van der Waals surface area contributed by atoms with Crippen molar-refractivity contribution in [3.05, 3.63) is 35.9 Å². The van der Waals surface area contributed by atoms with Crippen molar-refractivity contribution >= 4 is 5.91 Å². The summed E-state index contributed by atoms with van der Waals surface area (Å²) in [5.41, 5.74) is 1.24. The number of fused-ring (bicyclic) bond motifs is 2. The van der Waals surface area contributed by atoms with Gasteiger partial charge >= 0.3 is 0 Å². The Morgan fingerprint density at radius 1 is 1.24 bits per heavy atom. The molecule has 0 spiro atoms. The van der Waals surface area contributed by atoms with Gasteiger partial charge in [0.25, 0.3) is 0 Å². The Bertz CT molecular complexity index is 470. The van der Waals surface area contributed by atoms with Gasteiger partial charge in [0.05, 0.1) is 6.04 Å². The molecule has 1 aromatic rings. The van der Waals surface area contributed by atoms with Crippen LogP contribution in [0.1, 0.15) is 63.5 Å². The second-order valence-electron chi connectivity index (χ2n) is 6.96. The number of benzene rings is 1. The Morgan fingerprint density at radius 2 is 2.05 bits per heavy atom. The monoisotopic (exact) mass is 285 g/mol. The normalized spacial score (nSPS) is 28.5. The highest BCUT2D eigenvalue weighted by molar-refractivity contribution is 5.76. The molecule has 1 N–H and O–H groups in total. The lowest BCUT2D eigenvalue weighted by atomic mass is 9.86. The van der Waals surface area contributed by atoms with Crippen molar-refractivity contribution in [3.8, 4) is 0 Å². The predicted octanol–water partition coefficient (Wildman–Crippen LogP) is 4.47. The standard InChI is InChI=1S/C19H27NO/c1-2-6-18(15-7-4-3-5-8-15)20-19(21)13-17-12-14-9-10-16(17)11-14/h3-5,7-8,14,16-18H,2,6,9-13H2,1H3,(H,20,21). The van der Waals surface area contributed by atoms with E-state index in [0.29, 0.717) is 5.92 Å². The van der Waals surface area contributed by atoms with E-state index in [1.807, 2.05) is 6.07 Å². The van der Waals surface area contributed by atoms with Gasteiger partial charge in [-0.3, -0.25) is 4.79 Å². The van der Waals surface area contributed by atoms with Gasteiger partial charge in [-0.05, 0) is 49.0 Å². The minimum atomic E-state index is 0.183. The zero-order chi connectivity index (χ0) is 14.7. The Hall–Kier alpha value is -1.31. The topological polar surface area (TPSA) is 29.1 Å². The molecular weight excluding hydrogens is 258 g/mol. The highest BCUT2D eigenvalue weighted by atomic mass is 16.1. The predicted molar refractivity (Wildman–Crippen MR) is 85.8 cm³/mol. The number of carbonyl (C=O) groups is 1. The minimum Gasteiger partial charge on any atom is -0.349 e. The van der Waals surface area contributed by atoms with Crippen LogP contribution >= 0.6 is 0 Å². The van der Waals surface area contributed by atoms with E-state index in [0.717, 1.165) is 31.1 Å². The molecule has 2 fully saturated rings. The molecule has 1 amide bonds. The second-order valence-corrected chi connectivity index (χ2v) is 6.96. The molecule has 2 aliphatic rings. The van der Waals surface area contributed by atoms with Crippen molar-refractivity contribution in [2.75, 3.05) is 0 Å². The van der Waals surface area contributed by atoms with Crippen LogP contribution in [-0.2, 0) is 4.79 Å². The van der Waals surface area contributed by atoms with E-state index in [-0.39, 0.29) is 11.9 Å². The number of carbonyl (C=O) groups excluding carboxylic acids is 1. The lowest BCUT2D eigenvalue weighted by Crippen LogP contribution is -2.31. The van der Waals surface area contributed by atoms with E-state index in [1.165, 1.54) is 31.2 Å². The lowest BCUT2D eigenvalue weighted by Gasteiger charge is -2.23. The zero-order valence-electron chi connectivity index (χ0n) is 13.1. The van der Waals surface area contributed by atoms with Crippen molar-refractivity contribution in [2.45, 2.75) is 57.9 Å². The molecule has 4 atom stereocenters. The van der Waals surface area contributed by atoms with Crippen LogP contribution in [0.4, 0.5) is 0 Å². The first-order valence-corrected chi connectivity index (χ1v) is 8.60. The van der Waals surface area contributed by atoms with Crippen LogP contribution in [0.25, 0.3) is 0 Å². The van der Waals surface area contributed by atoms with E-state index in [9.17, 15) is 4.79 Å². The Morgan fingerprint density at radius 3 is 2.67 bits per heavy atom. The number of rotatable bonds is 6. The molecule has 0 aromatic heterocycles. The van der Waals surface area contributed by atoms with E-state index in [1.54, 1.807) is 0 Å². The molecule has 0 aliphatic heterocycles. The van der Waals surface area contributed by atoms with Gasteiger partial charge < -0.3 is 5.32 Å². The van der Waals surface area contributed by atoms with Crippen LogP contribution in [0.3, 0.4) is 0 Å². The summed E-state index contributed by atoms with van der Waals surface area (Å²) in [7, 11) is 0. The van der Waals surface area contributed by atoms with Gasteiger partial charge in [-0.1, -0.05) is 50.1 Å². The average Bonchev–Trinajstić information content (AvgIpc) is 3.10. The third-order valence-electron chi connectivity index (χ3n) is 5.45. The molecule has 0 heterocycles. The highest BCUT2D eigenvalue weighted by Gasteiger charge is 2.40. The SMILES string of the molecule is CCCC(NC(=O)CC1CC2CCC1C2)c1ccccc1. The molecular formula is C19H27NO. The van der Waals surface area contributed by atoms with Crippen molar-refractivity contribution in [1.29, 1.82) is 0 Å². The molecule has 2 saturated carbocycles. The van der Waals surface area contributed by atoms with Gasteiger partial charge in [-0.2, -0.15) is 0 Å². The molecule has 1 aromatic carbocycles. The maximum Gasteiger partial charge on any atom is 0.220 e. The van der Waals surface area contributed by atoms with E-state index in [2.05, 4.69) is 36.5 Å². The average molecular weight is 285 g/mol. The molecule has 3 rings (SSSR count). The summed E-state index contributed by atoms with van der Waals surface area (Å²) in [6.07, 6.45) is 8.30. The van der Waals surface area contributed by atoms with Crippen LogP contribution in [0.15, 0.2) is 30.3 Å². The lowest BCUT2D eigenvalue weighted by molar-refractivity contribution is -0.123. The number of hydrogen-bond donors (Lipinski definition) is 1. The first kappa shape index (κ1) is 14.6. The quantitative estimate of drug-likeness (QED) is 0.821. The highest BCUT2D eigenvalue weighted by Crippen LogP contribution is 2.49. The van der Waals surface area contributed by atoms with Gasteiger partial charge in [0, 0.05) is 6.42 Å². The largest absolute Gasteiger partial charge is 0.349 e. The summed E-state index contributed by atoms with van der Waals surface area (Å²) in [6, 6.07) is 10.6. The van der Waals surface area contributed by atoms with Gasteiger partial charge in [-0.25, -0.2) is 0 Å². The van der Waals surface area contributed by atoms with Crippen LogP contribution in [0, 0.1) is 17.8 Å².